The van der Waals surface area contributed by atoms with E-state index in [2.05, 4.69) is 41.1 Å². The number of aromatic amines is 1. The molecular formula is C17H10BrN5O2S. The zero-order valence-electron chi connectivity index (χ0n) is 13.0. The Morgan fingerprint density at radius 3 is 2.92 bits per heavy atom. The number of amides is 1. The molecule has 2 aromatic heterocycles. The largest absolute Gasteiger partial charge is 0.493 e. The minimum absolute atomic E-state index is 0.0963. The van der Waals surface area contributed by atoms with Gasteiger partial charge in [-0.15, -0.1) is 10.2 Å². The molecule has 0 fully saturated rings. The molecule has 0 radical (unpaired) electrons. The smallest absolute Gasteiger partial charge is 0.286 e. The summed E-state index contributed by atoms with van der Waals surface area (Å²) >= 11 is 4.50. The maximum absolute atomic E-state index is 12.0. The second-order valence-electron chi connectivity index (χ2n) is 5.28. The van der Waals surface area contributed by atoms with Crippen LogP contribution in [0.25, 0.3) is 17.0 Å². The van der Waals surface area contributed by atoms with E-state index < -0.39 is 0 Å². The average Bonchev–Trinajstić information content (AvgIpc) is 3.13. The summed E-state index contributed by atoms with van der Waals surface area (Å²) in [6.45, 7) is 0. The van der Waals surface area contributed by atoms with Gasteiger partial charge in [-0.25, -0.2) is 0 Å². The third-order valence-electron chi connectivity index (χ3n) is 3.53. The van der Waals surface area contributed by atoms with Gasteiger partial charge in [0.15, 0.2) is 5.69 Å². The van der Waals surface area contributed by atoms with Crippen LogP contribution >= 0.6 is 27.7 Å². The van der Waals surface area contributed by atoms with E-state index in [9.17, 15) is 9.90 Å². The summed E-state index contributed by atoms with van der Waals surface area (Å²) < 4.78 is 0.851. The summed E-state index contributed by atoms with van der Waals surface area (Å²) in [5.74, 6) is -0.485. The lowest BCUT2D eigenvalue weighted by Crippen LogP contribution is -1.88. The molecule has 1 aromatic carbocycles. The Morgan fingerprint density at radius 1 is 1.23 bits per heavy atom. The summed E-state index contributed by atoms with van der Waals surface area (Å²) in [4.78, 5) is 23.3. The van der Waals surface area contributed by atoms with E-state index in [0.717, 1.165) is 21.8 Å². The number of halogens is 1. The zero-order chi connectivity index (χ0) is 18.1. The molecule has 1 amide bonds. The molecule has 0 spiro atoms. The number of rotatable bonds is 2. The Morgan fingerprint density at radius 2 is 2.12 bits per heavy atom. The minimum Gasteiger partial charge on any atom is -0.493 e. The normalized spacial score (nSPS) is 16.1. The van der Waals surface area contributed by atoms with Crippen LogP contribution in [0.1, 0.15) is 5.69 Å². The second-order valence-corrected chi connectivity index (χ2v) is 7.20. The lowest BCUT2D eigenvalue weighted by Gasteiger charge is -1.94. The van der Waals surface area contributed by atoms with Gasteiger partial charge in [-0.2, -0.15) is 4.99 Å². The molecule has 0 aliphatic carbocycles. The number of H-pyrrole nitrogens is 1. The number of carbonyl (C=O) groups is 1. The molecular weight excluding hydrogens is 418 g/mol. The van der Waals surface area contributed by atoms with Crippen LogP contribution in [0.15, 0.2) is 67.2 Å². The number of nitrogens with one attached hydrogen (secondary N) is 1. The molecule has 1 aliphatic rings. The number of benzene rings is 1. The molecule has 0 atom stereocenters. The summed E-state index contributed by atoms with van der Waals surface area (Å²) in [6.07, 6.45) is 3.30. The van der Waals surface area contributed by atoms with Gasteiger partial charge in [0.05, 0.1) is 16.1 Å². The molecule has 2 N–H and O–H groups in total. The van der Waals surface area contributed by atoms with Crippen LogP contribution in [-0.2, 0) is 4.79 Å². The van der Waals surface area contributed by atoms with Crippen molar-refractivity contribution in [2.75, 3.05) is 0 Å². The highest BCUT2D eigenvalue weighted by Gasteiger charge is 2.22. The van der Waals surface area contributed by atoms with Crippen molar-refractivity contribution >= 4 is 61.4 Å². The molecule has 26 heavy (non-hydrogen) atoms. The Kier molecular flexibility index (Phi) is 4.39. The van der Waals surface area contributed by atoms with Gasteiger partial charge in [0.25, 0.3) is 5.91 Å². The van der Waals surface area contributed by atoms with Gasteiger partial charge >= 0.3 is 0 Å². The maximum Gasteiger partial charge on any atom is 0.286 e. The van der Waals surface area contributed by atoms with Crippen molar-refractivity contribution in [3.63, 3.8) is 0 Å². The molecule has 0 unspecified atom stereocenters. The topological polar surface area (TPSA) is 103 Å². The predicted octanol–water partition coefficient (Wildman–Crippen LogP) is 4.79. The van der Waals surface area contributed by atoms with Gasteiger partial charge in [-0.3, -0.25) is 9.78 Å². The van der Waals surface area contributed by atoms with Crippen LogP contribution in [0, 0.1) is 0 Å². The zero-order valence-corrected chi connectivity index (χ0v) is 15.5. The van der Waals surface area contributed by atoms with E-state index in [-0.39, 0.29) is 17.0 Å². The Hall–Kier alpha value is -2.78. The first kappa shape index (κ1) is 16.7. The van der Waals surface area contributed by atoms with Gasteiger partial charge in [-0.05, 0) is 48.2 Å². The first-order chi connectivity index (χ1) is 12.6. The molecule has 128 valence electrons. The second kappa shape index (κ2) is 6.85. The third-order valence-corrected chi connectivity index (χ3v) is 4.89. The van der Waals surface area contributed by atoms with E-state index in [1.165, 1.54) is 0 Å². The molecule has 4 rings (SSSR count). The van der Waals surface area contributed by atoms with Crippen molar-refractivity contribution in [2.24, 2.45) is 15.2 Å². The Labute approximate surface area is 160 Å². The van der Waals surface area contributed by atoms with Crippen LogP contribution in [0.5, 0.6) is 5.88 Å². The van der Waals surface area contributed by atoms with Crippen LogP contribution in [-0.4, -0.2) is 26.1 Å². The van der Waals surface area contributed by atoms with Crippen molar-refractivity contribution in [3.8, 4) is 5.88 Å². The number of azo groups is 1. The predicted molar refractivity (Wildman–Crippen MR) is 104 cm³/mol. The molecule has 0 bridgehead atoms. The number of nitrogens with zero attached hydrogens (tertiary/aromatic N) is 4. The number of aromatic hydroxyl groups is 1. The van der Waals surface area contributed by atoms with Gasteiger partial charge in [0.2, 0.25) is 11.0 Å². The molecule has 9 heteroatoms. The number of hydrogen-bond donors (Lipinski definition) is 2. The van der Waals surface area contributed by atoms with E-state index in [1.807, 2.05) is 24.3 Å². The molecule has 1 aliphatic heterocycles. The van der Waals surface area contributed by atoms with E-state index in [4.69, 9.17) is 0 Å². The molecule has 7 nitrogen and oxygen atoms in total. The van der Waals surface area contributed by atoms with E-state index in [1.54, 1.807) is 24.4 Å². The maximum atomic E-state index is 12.0. The SMILES string of the molecule is O=C1N=C(N=Nc2c(O)[nH]c3ccc(Br)cc23)S/C1=C\c1ccccn1. The highest BCUT2D eigenvalue weighted by molar-refractivity contribution is 9.10. The number of hydrogen-bond acceptors (Lipinski definition) is 6. The highest BCUT2D eigenvalue weighted by atomic mass is 79.9. The Balaban J connectivity index is 1.60. The highest BCUT2D eigenvalue weighted by Crippen LogP contribution is 2.37. The number of pyridine rings is 1. The lowest BCUT2D eigenvalue weighted by atomic mass is 10.2. The van der Waals surface area contributed by atoms with Crippen LogP contribution in [0.2, 0.25) is 0 Å². The van der Waals surface area contributed by atoms with Crippen LogP contribution in [0.4, 0.5) is 5.69 Å². The van der Waals surface area contributed by atoms with Crippen molar-refractivity contribution in [1.82, 2.24) is 9.97 Å². The molecule has 0 saturated heterocycles. The lowest BCUT2D eigenvalue weighted by molar-refractivity contribution is -0.113. The third kappa shape index (κ3) is 3.31. The number of thioether (sulfide) groups is 1. The molecule has 3 aromatic rings. The molecule has 3 heterocycles. The number of amidine groups is 1. The van der Waals surface area contributed by atoms with Crippen LogP contribution in [0.3, 0.4) is 0 Å². The van der Waals surface area contributed by atoms with Gasteiger partial charge in [0.1, 0.15) is 0 Å². The van der Waals surface area contributed by atoms with Crippen LogP contribution < -0.4 is 0 Å². The number of aliphatic imine (C=N–C) groups is 1. The number of fused-ring (bicyclic) bond motifs is 1. The van der Waals surface area contributed by atoms with Gasteiger partial charge in [0, 0.05) is 16.1 Å². The minimum atomic E-state index is -0.388. The first-order valence-electron chi connectivity index (χ1n) is 7.46. The fourth-order valence-corrected chi connectivity index (χ4v) is 3.45. The summed E-state index contributed by atoms with van der Waals surface area (Å²) in [6, 6.07) is 10.9. The van der Waals surface area contributed by atoms with Crippen molar-refractivity contribution in [1.29, 1.82) is 0 Å². The fraction of sp³-hybridized carbons (Fsp3) is 0. The summed E-state index contributed by atoms with van der Waals surface area (Å²) in [7, 11) is 0. The molecule has 0 saturated carbocycles. The quantitative estimate of drug-likeness (QED) is 0.453. The standard InChI is InChI=1S/C17H10BrN5O2S/c18-9-4-5-12-11(7-9)14(16(25)20-12)22-23-17-21-15(24)13(26-17)8-10-3-1-2-6-19-10/h1-8,20,25H/b13-8-,23-22?. The van der Waals surface area contributed by atoms with E-state index >= 15 is 0 Å². The van der Waals surface area contributed by atoms with Gasteiger partial charge < -0.3 is 10.1 Å². The number of aromatic nitrogens is 2. The van der Waals surface area contributed by atoms with Crippen molar-refractivity contribution in [3.05, 3.63) is 57.7 Å². The Bertz CT molecular complexity index is 1110. The first-order valence-corrected chi connectivity index (χ1v) is 9.06. The number of carbonyl (C=O) groups excluding carboxylic acids is 1. The van der Waals surface area contributed by atoms with E-state index in [0.29, 0.717) is 21.7 Å². The summed E-state index contributed by atoms with van der Waals surface area (Å²) in [5.41, 5.74) is 1.68. The average molecular weight is 428 g/mol. The van der Waals surface area contributed by atoms with Crippen molar-refractivity contribution < 1.29 is 9.90 Å². The van der Waals surface area contributed by atoms with Gasteiger partial charge in [-0.1, -0.05) is 22.0 Å². The van der Waals surface area contributed by atoms with Crippen molar-refractivity contribution in [2.45, 2.75) is 0 Å². The monoisotopic (exact) mass is 427 g/mol. The fourth-order valence-electron chi connectivity index (χ4n) is 2.37. The summed E-state index contributed by atoms with van der Waals surface area (Å²) in [5, 5.41) is 19.0.